The van der Waals surface area contributed by atoms with Gasteiger partial charge >= 0.3 is 5.97 Å². The number of halogens is 3. The average molecular weight is 294 g/mol. The molecule has 0 aromatic rings. The van der Waals surface area contributed by atoms with Gasteiger partial charge in [-0.2, -0.15) is 0 Å². The first-order valence-electron chi connectivity index (χ1n) is 3.09. The van der Waals surface area contributed by atoms with Crippen LogP contribution >= 0.6 is 32.9 Å². The Morgan fingerprint density at radius 1 is 1.73 bits per heavy atom. The highest BCUT2D eigenvalue weighted by atomic mass is 79.9. The first kappa shape index (κ1) is 13.9. The van der Waals surface area contributed by atoms with E-state index in [4.69, 9.17) is 0 Å². The molecule has 0 N–H and O–H groups in total. The number of carbonyl (C=O) groups is 1. The van der Waals surface area contributed by atoms with Crippen LogP contribution in [0.1, 0.15) is 13.3 Å². The summed E-state index contributed by atoms with van der Waals surface area (Å²) in [7, 11) is 0. The highest BCUT2D eigenvalue weighted by Gasteiger charge is 2.16. The number of hydrogen-bond acceptors (Lipinski definition) is 2. The molecule has 0 radical (unpaired) electrons. The Bertz CT molecular complexity index is 111. The van der Waals surface area contributed by atoms with Crippen molar-refractivity contribution in [3.05, 3.63) is 0 Å². The molecular weight excluding hydrogens is 283 g/mol. The second kappa shape index (κ2) is 8.46. The molecule has 1 unspecified atom stereocenters. The molecule has 0 aliphatic carbocycles. The summed E-state index contributed by atoms with van der Waals surface area (Å²) in [5, 5.41) is 0.479. The van der Waals surface area contributed by atoms with Crippen LogP contribution in [0.15, 0.2) is 0 Å². The molecule has 68 valence electrons. The molecule has 11 heavy (non-hydrogen) atoms. The largest absolute Gasteiger partial charge is 0.464 e. The van der Waals surface area contributed by atoms with E-state index in [1.54, 1.807) is 6.92 Å². The standard InChI is InChI=1S/C6H10BrFO2.BrH/c1-2-10-6(9)5(8)3-4-7;/h5H,2-4H2,1H3;1H. The predicted molar refractivity (Wildman–Crippen MR) is 50.3 cm³/mol. The molecule has 0 saturated carbocycles. The maximum absolute atomic E-state index is 12.5. The predicted octanol–water partition coefficient (Wildman–Crippen LogP) is 2.25. The van der Waals surface area contributed by atoms with E-state index in [9.17, 15) is 9.18 Å². The molecule has 0 aliphatic rings. The molecule has 0 aliphatic heterocycles. The van der Waals surface area contributed by atoms with Gasteiger partial charge in [0.1, 0.15) is 0 Å². The number of rotatable bonds is 4. The summed E-state index contributed by atoms with van der Waals surface area (Å²) in [5.74, 6) is -0.762. The van der Waals surface area contributed by atoms with Gasteiger partial charge in [-0.25, -0.2) is 9.18 Å². The lowest BCUT2D eigenvalue weighted by Crippen LogP contribution is -2.18. The van der Waals surface area contributed by atoms with Crippen LogP contribution in [0.2, 0.25) is 0 Å². The summed E-state index contributed by atoms with van der Waals surface area (Å²) in [6, 6.07) is 0. The van der Waals surface area contributed by atoms with E-state index in [0.29, 0.717) is 5.33 Å². The van der Waals surface area contributed by atoms with Crippen LogP contribution in [-0.2, 0) is 9.53 Å². The molecule has 0 aromatic heterocycles. The van der Waals surface area contributed by atoms with Crippen LogP contribution in [0.25, 0.3) is 0 Å². The number of ether oxygens (including phenoxy) is 1. The quantitative estimate of drug-likeness (QED) is 0.587. The SMILES string of the molecule is Br.CCOC(=O)C(F)CCBr. The molecule has 1 atom stereocenters. The number of hydrogen-bond donors (Lipinski definition) is 0. The highest BCUT2D eigenvalue weighted by molar-refractivity contribution is 9.09. The first-order valence-corrected chi connectivity index (χ1v) is 4.21. The van der Waals surface area contributed by atoms with Crippen molar-refractivity contribution in [2.24, 2.45) is 0 Å². The molecule has 0 bridgehead atoms. The van der Waals surface area contributed by atoms with Gasteiger partial charge in [-0.3, -0.25) is 0 Å². The Kier molecular flexibility index (Phi) is 10.7. The maximum Gasteiger partial charge on any atom is 0.340 e. The fourth-order valence-electron chi connectivity index (χ4n) is 0.446. The molecule has 0 heterocycles. The third kappa shape index (κ3) is 6.75. The Balaban J connectivity index is 0. The van der Waals surface area contributed by atoms with Gasteiger partial charge in [0.05, 0.1) is 6.61 Å². The van der Waals surface area contributed by atoms with Crippen molar-refractivity contribution in [1.82, 2.24) is 0 Å². The Hall–Kier alpha value is 0.360. The summed E-state index contributed by atoms with van der Waals surface area (Å²) >= 11 is 3.02. The van der Waals surface area contributed by atoms with E-state index in [1.807, 2.05) is 0 Å². The van der Waals surface area contributed by atoms with Crippen LogP contribution in [0.3, 0.4) is 0 Å². The number of carbonyl (C=O) groups excluding carboxylic acids is 1. The molecule has 5 heteroatoms. The minimum atomic E-state index is -1.47. The van der Waals surface area contributed by atoms with E-state index in [1.165, 1.54) is 0 Å². The molecule has 2 nitrogen and oxygen atoms in total. The highest BCUT2D eigenvalue weighted by Crippen LogP contribution is 2.02. The van der Waals surface area contributed by atoms with E-state index in [2.05, 4.69) is 20.7 Å². The number of esters is 1. The second-order valence-electron chi connectivity index (χ2n) is 1.70. The summed E-state index contributed by atoms with van der Waals surface area (Å²) in [6.07, 6.45) is -1.29. The van der Waals surface area contributed by atoms with Crippen molar-refractivity contribution < 1.29 is 13.9 Å². The van der Waals surface area contributed by atoms with Gasteiger partial charge in [0, 0.05) is 5.33 Å². The van der Waals surface area contributed by atoms with Crippen LogP contribution in [0, 0.1) is 0 Å². The summed E-state index contributed by atoms with van der Waals surface area (Å²) in [6.45, 7) is 1.89. The Morgan fingerprint density at radius 2 is 2.27 bits per heavy atom. The Labute approximate surface area is 84.4 Å². The molecule has 0 amide bonds. The van der Waals surface area contributed by atoms with Gasteiger partial charge in [0.15, 0.2) is 6.17 Å². The van der Waals surface area contributed by atoms with E-state index in [0.717, 1.165) is 0 Å². The van der Waals surface area contributed by atoms with E-state index >= 15 is 0 Å². The zero-order valence-electron chi connectivity index (χ0n) is 6.18. The van der Waals surface area contributed by atoms with Crippen molar-refractivity contribution in [3.63, 3.8) is 0 Å². The fraction of sp³-hybridized carbons (Fsp3) is 0.833. The van der Waals surface area contributed by atoms with Gasteiger partial charge in [0.25, 0.3) is 0 Å². The van der Waals surface area contributed by atoms with Crippen molar-refractivity contribution in [1.29, 1.82) is 0 Å². The van der Waals surface area contributed by atoms with Crippen LogP contribution in [0.4, 0.5) is 4.39 Å². The zero-order chi connectivity index (χ0) is 7.98. The molecule has 0 spiro atoms. The lowest BCUT2D eigenvalue weighted by Gasteiger charge is -2.03. The average Bonchev–Trinajstić information content (AvgIpc) is 1.89. The lowest BCUT2D eigenvalue weighted by molar-refractivity contribution is -0.149. The molecule has 0 saturated heterocycles. The van der Waals surface area contributed by atoms with Crippen LogP contribution in [-0.4, -0.2) is 24.1 Å². The van der Waals surface area contributed by atoms with Crippen LogP contribution < -0.4 is 0 Å². The van der Waals surface area contributed by atoms with Crippen molar-refractivity contribution in [2.75, 3.05) is 11.9 Å². The molecular formula is C6H11Br2FO2. The minimum absolute atomic E-state index is 0. The first-order chi connectivity index (χ1) is 4.72. The molecule has 0 rings (SSSR count). The van der Waals surface area contributed by atoms with Crippen molar-refractivity contribution in [3.8, 4) is 0 Å². The monoisotopic (exact) mass is 292 g/mol. The van der Waals surface area contributed by atoms with Crippen molar-refractivity contribution >= 4 is 38.9 Å². The summed E-state index contributed by atoms with van der Waals surface area (Å²) in [4.78, 5) is 10.5. The summed E-state index contributed by atoms with van der Waals surface area (Å²) in [5.41, 5.74) is 0. The third-order valence-electron chi connectivity index (χ3n) is 0.905. The lowest BCUT2D eigenvalue weighted by atomic mass is 10.3. The summed E-state index contributed by atoms with van der Waals surface area (Å²) < 4.78 is 16.9. The Morgan fingerprint density at radius 3 is 2.64 bits per heavy atom. The maximum atomic E-state index is 12.5. The van der Waals surface area contributed by atoms with E-state index < -0.39 is 12.1 Å². The minimum Gasteiger partial charge on any atom is -0.464 e. The number of alkyl halides is 2. The molecule has 0 fully saturated rings. The third-order valence-corrected chi connectivity index (χ3v) is 1.36. The topological polar surface area (TPSA) is 26.3 Å². The second-order valence-corrected chi connectivity index (χ2v) is 2.49. The normalized spacial score (nSPS) is 11.5. The zero-order valence-corrected chi connectivity index (χ0v) is 9.48. The molecule has 0 aromatic carbocycles. The van der Waals surface area contributed by atoms with Gasteiger partial charge < -0.3 is 4.74 Å². The van der Waals surface area contributed by atoms with Gasteiger partial charge in [-0.1, -0.05) is 15.9 Å². The van der Waals surface area contributed by atoms with Crippen LogP contribution in [0.5, 0.6) is 0 Å². The smallest absolute Gasteiger partial charge is 0.340 e. The van der Waals surface area contributed by atoms with Gasteiger partial charge in [-0.05, 0) is 13.3 Å². The van der Waals surface area contributed by atoms with E-state index in [-0.39, 0.29) is 30.0 Å². The van der Waals surface area contributed by atoms with Gasteiger partial charge in [0.2, 0.25) is 0 Å². The van der Waals surface area contributed by atoms with Crippen molar-refractivity contribution in [2.45, 2.75) is 19.5 Å². The van der Waals surface area contributed by atoms with Gasteiger partial charge in [-0.15, -0.1) is 17.0 Å². The fourth-order valence-corrected chi connectivity index (χ4v) is 0.848.